The molecule has 0 amide bonds. The van der Waals surface area contributed by atoms with Gasteiger partial charge in [-0.3, -0.25) is 0 Å². The quantitative estimate of drug-likeness (QED) is 0.792. The van der Waals surface area contributed by atoms with Gasteiger partial charge in [-0.15, -0.1) is 0 Å². The number of hydrogen-bond donors (Lipinski definition) is 1. The molecule has 0 aromatic carbocycles. The van der Waals surface area contributed by atoms with Gasteiger partial charge in [-0.1, -0.05) is 42.2 Å². The van der Waals surface area contributed by atoms with Crippen LogP contribution in [0.2, 0.25) is 0 Å². The first-order valence-corrected chi connectivity index (χ1v) is 7.13. The summed E-state index contributed by atoms with van der Waals surface area (Å²) >= 11 is 0. The van der Waals surface area contributed by atoms with Crippen LogP contribution in [0.1, 0.15) is 33.1 Å². The van der Waals surface area contributed by atoms with Crippen molar-refractivity contribution in [2.24, 2.45) is 5.92 Å². The molecule has 0 spiro atoms. The second-order valence-electron chi connectivity index (χ2n) is 5.68. The highest BCUT2D eigenvalue weighted by Crippen LogP contribution is 2.26. The molecule has 20 heavy (non-hydrogen) atoms. The number of aliphatic hydroxyl groups is 1. The SMILES string of the molecule is CC(C)(CCO)OC1=CC2C=C/C=C\CC=C2C#CC1. The molecular weight excluding hydrogens is 248 g/mol. The Morgan fingerprint density at radius 1 is 1.40 bits per heavy atom. The van der Waals surface area contributed by atoms with Gasteiger partial charge in [0.1, 0.15) is 11.4 Å². The van der Waals surface area contributed by atoms with Gasteiger partial charge < -0.3 is 9.84 Å². The molecule has 0 aliphatic heterocycles. The molecule has 0 radical (unpaired) electrons. The van der Waals surface area contributed by atoms with Crippen molar-refractivity contribution in [1.29, 1.82) is 0 Å². The fraction of sp³-hybridized carbons (Fsp3) is 0.444. The molecule has 0 saturated carbocycles. The first-order valence-electron chi connectivity index (χ1n) is 7.13. The first-order chi connectivity index (χ1) is 9.61. The number of fused-ring (bicyclic) bond motifs is 1. The minimum Gasteiger partial charge on any atom is -0.491 e. The molecule has 2 heteroatoms. The van der Waals surface area contributed by atoms with E-state index < -0.39 is 0 Å². The van der Waals surface area contributed by atoms with Gasteiger partial charge in [-0.2, -0.15) is 0 Å². The van der Waals surface area contributed by atoms with Crippen molar-refractivity contribution in [2.45, 2.75) is 38.7 Å². The number of aliphatic hydroxyl groups excluding tert-OH is 1. The fourth-order valence-corrected chi connectivity index (χ4v) is 2.29. The average Bonchev–Trinajstić information content (AvgIpc) is 2.51. The maximum atomic E-state index is 9.09. The van der Waals surface area contributed by atoms with E-state index in [9.17, 15) is 0 Å². The lowest BCUT2D eigenvalue weighted by molar-refractivity contribution is 0.0116. The van der Waals surface area contributed by atoms with Crippen LogP contribution in [0, 0.1) is 17.8 Å². The van der Waals surface area contributed by atoms with Crippen molar-refractivity contribution in [1.82, 2.24) is 0 Å². The molecule has 0 aromatic heterocycles. The summed E-state index contributed by atoms with van der Waals surface area (Å²) in [6.07, 6.45) is 14.9. The number of allylic oxidation sites excluding steroid dienone is 8. The summed E-state index contributed by atoms with van der Waals surface area (Å²) in [6.45, 7) is 4.12. The van der Waals surface area contributed by atoms with Crippen molar-refractivity contribution in [2.75, 3.05) is 6.61 Å². The standard InChI is InChI=1S/C18H22O2/c1-18(2,12-13-19)20-17-11-7-10-15-8-5-3-4-6-9-16(15)14-17/h3-4,6,8-9,14,16,19H,5,11-13H2,1-2H3/b4-3-,9-6?,15-8?. The molecule has 1 N–H and O–H groups in total. The third kappa shape index (κ3) is 4.15. The molecule has 0 saturated heterocycles. The van der Waals surface area contributed by atoms with Crippen LogP contribution in [0.5, 0.6) is 0 Å². The fourth-order valence-electron chi connectivity index (χ4n) is 2.29. The van der Waals surface area contributed by atoms with Crippen LogP contribution < -0.4 is 0 Å². The van der Waals surface area contributed by atoms with Crippen LogP contribution in [-0.2, 0) is 4.74 Å². The highest BCUT2D eigenvalue weighted by Gasteiger charge is 2.21. The van der Waals surface area contributed by atoms with Gasteiger partial charge >= 0.3 is 0 Å². The summed E-state index contributed by atoms with van der Waals surface area (Å²) in [5, 5.41) is 9.09. The smallest absolute Gasteiger partial charge is 0.106 e. The van der Waals surface area contributed by atoms with Crippen molar-refractivity contribution in [3.05, 3.63) is 47.8 Å². The maximum Gasteiger partial charge on any atom is 0.106 e. The molecular formula is C18H22O2. The van der Waals surface area contributed by atoms with E-state index in [2.05, 4.69) is 48.3 Å². The Kier molecular flexibility index (Phi) is 4.87. The maximum absolute atomic E-state index is 9.09. The Balaban J connectivity index is 2.20. The second kappa shape index (κ2) is 6.63. The van der Waals surface area contributed by atoms with Gasteiger partial charge in [-0.25, -0.2) is 0 Å². The van der Waals surface area contributed by atoms with Crippen molar-refractivity contribution < 1.29 is 9.84 Å². The molecule has 1 atom stereocenters. The van der Waals surface area contributed by atoms with E-state index in [1.54, 1.807) is 0 Å². The zero-order valence-corrected chi connectivity index (χ0v) is 12.2. The summed E-state index contributed by atoms with van der Waals surface area (Å²) in [7, 11) is 0. The first kappa shape index (κ1) is 14.7. The minimum absolute atomic E-state index is 0.130. The molecule has 1 unspecified atom stereocenters. The van der Waals surface area contributed by atoms with Gasteiger partial charge in [0.2, 0.25) is 0 Å². The highest BCUT2D eigenvalue weighted by atomic mass is 16.5. The van der Waals surface area contributed by atoms with Gasteiger partial charge in [0.05, 0.1) is 6.42 Å². The van der Waals surface area contributed by atoms with Gasteiger partial charge in [0.15, 0.2) is 0 Å². The van der Waals surface area contributed by atoms with E-state index in [0.29, 0.717) is 12.8 Å². The molecule has 0 bridgehead atoms. The van der Waals surface area contributed by atoms with E-state index >= 15 is 0 Å². The van der Waals surface area contributed by atoms with Gasteiger partial charge in [0, 0.05) is 24.5 Å². The molecule has 0 heterocycles. The average molecular weight is 270 g/mol. The predicted octanol–water partition coefficient (Wildman–Crippen LogP) is 3.51. The number of hydrogen-bond acceptors (Lipinski definition) is 2. The number of rotatable bonds is 4. The molecule has 106 valence electrons. The van der Waals surface area contributed by atoms with Crippen LogP contribution in [-0.4, -0.2) is 17.3 Å². The zero-order chi connectivity index (χ0) is 14.4. The third-order valence-electron chi connectivity index (χ3n) is 3.38. The zero-order valence-electron chi connectivity index (χ0n) is 12.2. The van der Waals surface area contributed by atoms with Crippen molar-refractivity contribution in [3.63, 3.8) is 0 Å². The largest absolute Gasteiger partial charge is 0.491 e. The topological polar surface area (TPSA) is 29.5 Å². The normalized spacial score (nSPS) is 23.1. The van der Waals surface area contributed by atoms with Crippen molar-refractivity contribution >= 4 is 0 Å². The Hall–Kier alpha value is -1.72. The molecule has 2 rings (SSSR count). The van der Waals surface area contributed by atoms with Crippen LogP contribution in [0.25, 0.3) is 0 Å². The lowest BCUT2D eigenvalue weighted by Gasteiger charge is -2.27. The van der Waals surface area contributed by atoms with E-state index in [1.807, 2.05) is 13.8 Å². The van der Waals surface area contributed by atoms with Crippen LogP contribution in [0.15, 0.2) is 47.8 Å². The summed E-state index contributed by atoms with van der Waals surface area (Å²) in [5.41, 5.74) is 0.783. The summed E-state index contributed by atoms with van der Waals surface area (Å²) in [4.78, 5) is 0. The minimum atomic E-state index is -0.359. The molecule has 0 aromatic rings. The monoisotopic (exact) mass is 270 g/mol. The van der Waals surface area contributed by atoms with Gasteiger partial charge in [-0.05, 0) is 26.3 Å². The van der Waals surface area contributed by atoms with E-state index in [-0.39, 0.29) is 18.1 Å². The lowest BCUT2D eigenvalue weighted by Crippen LogP contribution is -2.25. The second-order valence-corrected chi connectivity index (χ2v) is 5.68. The molecule has 2 aliphatic rings. The predicted molar refractivity (Wildman–Crippen MR) is 81.8 cm³/mol. The van der Waals surface area contributed by atoms with Crippen LogP contribution >= 0.6 is 0 Å². The summed E-state index contributed by atoms with van der Waals surface area (Å²) in [6, 6.07) is 0. The summed E-state index contributed by atoms with van der Waals surface area (Å²) < 4.78 is 6.04. The Morgan fingerprint density at radius 2 is 2.25 bits per heavy atom. The third-order valence-corrected chi connectivity index (χ3v) is 3.38. The van der Waals surface area contributed by atoms with Crippen molar-refractivity contribution in [3.8, 4) is 11.8 Å². The lowest BCUT2D eigenvalue weighted by atomic mass is 9.96. The summed E-state index contributed by atoms with van der Waals surface area (Å²) in [5.74, 6) is 7.51. The Labute approximate surface area is 121 Å². The van der Waals surface area contributed by atoms with Gasteiger partial charge in [0.25, 0.3) is 0 Å². The number of ether oxygens (including phenoxy) is 1. The molecule has 0 fully saturated rings. The van der Waals surface area contributed by atoms with E-state index in [0.717, 1.165) is 17.8 Å². The highest BCUT2D eigenvalue weighted by molar-refractivity contribution is 5.41. The molecule has 2 nitrogen and oxygen atoms in total. The molecule has 2 aliphatic carbocycles. The van der Waals surface area contributed by atoms with Crippen LogP contribution in [0.3, 0.4) is 0 Å². The van der Waals surface area contributed by atoms with E-state index in [4.69, 9.17) is 9.84 Å². The Morgan fingerprint density at radius 3 is 3.05 bits per heavy atom. The van der Waals surface area contributed by atoms with E-state index in [1.165, 1.54) is 0 Å². The van der Waals surface area contributed by atoms with Crippen LogP contribution in [0.4, 0.5) is 0 Å². The Bertz CT molecular complexity index is 521.